The number of aromatic nitrogens is 2. The Balaban J connectivity index is 1.72. The average molecular weight is 293 g/mol. The fourth-order valence-electron chi connectivity index (χ4n) is 2.37. The van der Waals surface area contributed by atoms with Crippen LogP contribution < -0.4 is 11.0 Å². The SMILES string of the molecule is O=C(NCCn1cccnc1=O)c1cccc2ccccc12. The summed E-state index contributed by atoms with van der Waals surface area (Å²) in [5, 5.41) is 4.78. The molecule has 0 unspecified atom stereocenters. The van der Waals surface area contributed by atoms with Crippen LogP contribution in [0, 0.1) is 0 Å². The van der Waals surface area contributed by atoms with E-state index < -0.39 is 0 Å². The third kappa shape index (κ3) is 2.88. The number of carbonyl (C=O) groups excluding carboxylic acids is 1. The van der Waals surface area contributed by atoms with Crippen LogP contribution in [0.1, 0.15) is 10.4 Å². The molecule has 1 aromatic heterocycles. The Labute approximate surface area is 127 Å². The Hall–Kier alpha value is -2.95. The zero-order valence-corrected chi connectivity index (χ0v) is 11.9. The van der Waals surface area contributed by atoms with Crippen molar-refractivity contribution in [2.45, 2.75) is 6.54 Å². The highest BCUT2D eigenvalue weighted by atomic mass is 16.2. The van der Waals surface area contributed by atoms with Gasteiger partial charge in [0.2, 0.25) is 0 Å². The van der Waals surface area contributed by atoms with E-state index in [9.17, 15) is 9.59 Å². The molecule has 0 bridgehead atoms. The van der Waals surface area contributed by atoms with Gasteiger partial charge in [-0.15, -0.1) is 0 Å². The molecule has 0 aliphatic heterocycles. The number of hydrogen-bond donors (Lipinski definition) is 1. The molecule has 0 saturated carbocycles. The summed E-state index contributed by atoms with van der Waals surface area (Å²) in [6.45, 7) is 0.761. The van der Waals surface area contributed by atoms with Gasteiger partial charge in [0.15, 0.2) is 0 Å². The van der Waals surface area contributed by atoms with E-state index in [1.807, 2.05) is 36.4 Å². The van der Waals surface area contributed by atoms with Crippen molar-refractivity contribution in [1.29, 1.82) is 0 Å². The van der Waals surface area contributed by atoms with Crippen molar-refractivity contribution in [1.82, 2.24) is 14.9 Å². The van der Waals surface area contributed by atoms with Crippen molar-refractivity contribution in [2.75, 3.05) is 6.54 Å². The molecule has 0 saturated heterocycles. The lowest BCUT2D eigenvalue weighted by atomic mass is 10.0. The summed E-state index contributed by atoms with van der Waals surface area (Å²) >= 11 is 0. The number of rotatable bonds is 4. The molecule has 110 valence electrons. The van der Waals surface area contributed by atoms with E-state index in [0.717, 1.165) is 10.8 Å². The molecule has 0 radical (unpaired) electrons. The van der Waals surface area contributed by atoms with Gasteiger partial charge in [-0.2, -0.15) is 0 Å². The smallest absolute Gasteiger partial charge is 0.347 e. The Kier molecular flexibility index (Phi) is 3.96. The molecule has 1 heterocycles. The van der Waals surface area contributed by atoms with Crippen LogP contribution in [0.15, 0.2) is 65.7 Å². The van der Waals surface area contributed by atoms with Gasteiger partial charge in [0.25, 0.3) is 5.91 Å². The van der Waals surface area contributed by atoms with Gasteiger partial charge in [0.1, 0.15) is 0 Å². The monoisotopic (exact) mass is 293 g/mol. The first-order valence-corrected chi connectivity index (χ1v) is 7.03. The summed E-state index contributed by atoms with van der Waals surface area (Å²) in [5.74, 6) is -0.145. The van der Waals surface area contributed by atoms with Crippen molar-refractivity contribution in [3.8, 4) is 0 Å². The van der Waals surface area contributed by atoms with Gasteiger partial charge < -0.3 is 5.32 Å². The van der Waals surface area contributed by atoms with Crippen LogP contribution in [0.25, 0.3) is 10.8 Å². The molecule has 1 N–H and O–H groups in total. The highest BCUT2D eigenvalue weighted by Crippen LogP contribution is 2.18. The molecular formula is C17H15N3O2. The largest absolute Gasteiger partial charge is 0.350 e. The number of fused-ring (bicyclic) bond motifs is 1. The molecule has 2 aromatic carbocycles. The fourth-order valence-corrected chi connectivity index (χ4v) is 2.37. The average Bonchev–Trinajstić information content (AvgIpc) is 2.56. The van der Waals surface area contributed by atoms with Gasteiger partial charge >= 0.3 is 5.69 Å². The van der Waals surface area contributed by atoms with Gasteiger partial charge in [-0.1, -0.05) is 36.4 Å². The van der Waals surface area contributed by atoms with Crippen molar-refractivity contribution in [3.05, 3.63) is 77.0 Å². The third-order valence-electron chi connectivity index (χ3n) is 3.46. The minimum Gasteiger partial charge on any atom is -0.350 e. The van der Waals surface area contributed by atoms with E-state index in [1.165, 1.54) is 10.8 Å². The lowest BCUT2D eigenvalue weighted by molar-refractivity contribution is 0.0954. The maximum absolute atomic E-state index is 12.3. The maximum Gasteiger partial charge on any atom is 0.347 e. The highest BCUT2D eigenvalue weighted by molar-refractivity contribution is 6.06. The number of carbonyl (C=O) groups is 1. The third-order valence-corrected chi connectivity index (χ3v) is 3.46. The van der Waals surface area contributed by atoms with Crippen LogP contribution >= 0.6 is 0 Å². The molecule has 1 amide bonds. The standard InChI is InChI=1S/C17H15N3O2/c21-16(18-10-12-20-11-4-9-19-17(20)22)15-8-3-6-13-5-1-2-7-14(13)15/h1-9,11H,10,12H2,(H,18,21). The van der Waals surface area contributed by atoms with Crippen molar-refractivity contribution >= 4 is 16.7 Å². The lowest BCUT2D eigenvalue weighted by Crippen LogP contribution is -2.31. The van der Waals surface area contributed by atoms with Crippen molar-refractivity contribution < 1.29 is 4.79 Å². The first kappa shape index (κ1) is 14.0. The van der Waals surface area contributed by atoms with E-state index in [-0.39, 0.29) is 11.6 Å². The first-order chi connectivity index (χ1) is 10.8. The van der Waals surface area contributed by atoms with Crippen LogP contribution in [-0.4, -0.2) is 22.0 Å². The maximum atomic E-state index is 12.3. The number of nitrogens with zero attached hydrogens (tertiary/aromatic N) is 2. The van der Waals surface area contributed by atoms with Crippen LogP contribution in [0.4, 0.5) is 0 Å². The van der Waals surface area contributed by atoms with Gasteiger partial charge in [-0.3, -0.25) is 9.36 Å². The zero-order chi connectivity index (χ0) is 15.4. The van der Waals surface area contributed by atoms with E-state index in [0.29, 0.717) is 18.7 Å². The molecule has 0 atom stereocenters. The molecule has 0 fully saturated rings. The summed E-state index contributed by atoms with van der Waals surface area (Å²) < 4.78 is 1.46. The Morgan fingerprint density at radius 3 is 2.77 bits per heavy atom. The van der Waals surface area contributed by atoms with Gasteiger partial charge in [-0.25, -0.2) is 9.78 Å². The molecule has 3 aromatic rings. The Morgan fingerprint density at radius 1 is 1.09 bits per heavy atom. The summed E-state index contributed by atoms with van der Waals surface area (Å²) in [5.41, 5.74) is 0.318. The fraction of sp³-hybridized carbons (Fsp3) is 0.118. The molecular weight excluding hydrogens is 278 g/mol. The second-order valence-electron chi connectivity index (χ2n) is 4.88. The summed E-state index contributed by atoms with van der Waals surface area (Å²) in [6, 6.07) is 15.1. The Bertz CT molecular complexity index is 865. The summed E-state index contributed by atoms with van der Waals surface area (Å²) in [6.07, 6.45) is 3.10. The molecule has 3 rings (SSSR count). The molecule has 0 aliphatic rings. The van der Waals surface area contributed by atoms with E-state index in [4.69, 9.17) is 0 Å². The van der Waals surface area contributed by atoms with Gasteiger partial charge in [-0.05, 0) is 22.9 Å². The number of hydrogen-bond acceptors (Lipinski definition) is 3. The normalized spacial score (nSPS) is 10.5. The quantitative estimate of drug-likeness (QED) is 0.798. The number of amides is 1. The minimum atomic E-state index is -0.318. The summed E-state index contributed by atoms with van der Waals surface area (Å²) in [4.78, 5) is 27.5. The molecule has 5 nitrogen and oxygen atoms in total. The van der Waals surface area contributed by atoms with Crippen LogP contribution in [0.2, 0.25) is 0 Å². The highest BCUT2D eigenvalue weighted by Gasteiger charge is 2.08. The van der Waals surface area contributed by atoms with Crippen LogP contribution in [0.3, 0.4) is 0 Å². The first-order valence-electron chi connectivity index (χ1n) is 7.03. The molecule has 22 heavy (non-hydrogen) atoms. The molecule has 0 aliphatic carbocycles. The van der Waals surface area contributed by atoms with E-state index in [1.54, 1.807) is 18.3 Å². The van der Waals surface area contributed by atoms with Crippen molar-refractivity contribution in [2.24, 2.45) is 0 Å². The van der Waals surface area contributed by atoms with E-state index in [2.05, 4.69) is 10.3 Å². The van der Waals surface area contributed by atoms with Gasteiger partial charge in [0.05, 0.1) is 0 Å². The lowest BCUT2D eigenvalue weighted by Gasteiger charge is -2.09. The van der Waals surface area contributed by atoms with Crippen LogP contribution in [0.5, 0.6) is 0 Å². The zero-order valence-electron chi connectivity index (χ0n) is 11.9. The predicted molar refractivity (Wildman–Crippen MR) is 84.8 cm³/mol. The van der Waals surface area contributed by atoms with E-state index >= 15 is 0 Å². The van der Waals surface area contributed by atoms with Crippen molar-refractivity contribution in [3.63, 3.8) is 0 Å². The van der Waals surface area contributed by atoms with Crippen LogP contribution in [-0.2, 0) is 6.54 Å². The number of nitrogens with one attached hydrogen (secondary N) is 1. The molecule has 5 heteroatoms. The number of benzene rings is 2. The Morgan fingerprint density at radius 2 is 1.91 bits per heavy atom. The predicted octanol–water partition coefficient (Wildman–Crippen LogP) is 1.83. The minimum absolute atomic E-state index is 0.145. The second kappa shape index (κ2) is 6.22. The topological polar surface area (TPSA) is 64.0 Å². The second-order valence-corrected chi connectivity index (χ2v) is 4.88. The van der Waals surface area contributed by atoms with Gasteiger partial charge in [0, 0.05) is 31.0 Å². The summed E-state index contributed by atoms with van der Waals surface area (Å²) in [7, 11) is 0. The molecule has 0 spiro atoms.